The summed E-state index contributed by atoms with van der Waals surface area (Å²) in [4.78, 5) is 4.74. The quantitative estimate of drug-likeness (QED) is 0.129. The predicted octanol–water partition coefficient (Wildman–Crippen LogP) is 8.71. The third-order valence-corrected chi connectivity index (χ3v) is 9.94. The number of fused-ring (bicyclic) bond motifs is 6. The van der Waals surface area contributed by atoms with Crippen LogP contribution in [0.1, 0.15) is 22.3 Å². The summed E-state index contributed by atoms with van der Waals surface area (Å²) < 4.78 is 6.60. The third-order valence-electron chi connectivity index (χ3n) is 9.94. The van der Waals surface area contributed by atoms with Gasteiger partial charge in [0.25, 0.3) is 0 Å². The molecule has 0 bridgehead atoms. The van der Waals surface area contributed by atoms with Crippen molar-refractivity contribution < 1.29 is 25.6 Å². The molecule has 5 heteroatoms. The molecule has 0 saturated carbocycles. The van der Waals surface area contributed by atoms with Crippen LogP contribution in [-0.2, 0) is 33.5 Å². The molecule has 1 aliphatic heterocycles. The van der Waals surface area contributed by atoms with E-state index in [4.69, 9.17) is 4.98 Å². The van der Waals surface area contributed by atoms with Gasteiger partial charge in [0.2, 0.25) is 6.33 Å². The minimum absolute atomic E-state index is 0. The number of hydrogen-bond acceptors (Lipinski definition) is 1. The van der Waals surface area contributed by atoms with Crippen molar-refractivity contribution >= 4 is 32.8 Å². The molecule has 4 heterocycles. The Labute approximate surface area is 298 Å². The predicted molar refractivity (Wildman–Crippen MR) is 190 cm³/mol. The Balaban J connectivity index is 0.00000325. The van der Waals surface area contributed by atoms with Crippen molar-refractivity contribution in [2.45, 2.75) is 5.41 Å². The molecule has 0 saturated heterocycles. The number of aromatic nitrogens is 4. The number of pyridine rings is 1. The molecule has 0 spiro atoms. The minimum atomic E-state index is -0.744. The average molecular weight is 808 g/mol. The molecule has 236 valence electrons. The summed E-state index contributed by atoms with van der Waals surface area (Å²) >= 11 is 0. The van der Waals surface area contributed by atoms with Crippen LogP contribution in [0, 0.1) is 18.5 Å². The third kappa shape index (κ3) is 4.14. The molecule has 1 atom stereocenters. The van der Waals surface area contributed by atoms with Gasteiger partial charge < -0.3 is 18.7 Å². The van der Waals surface area contributed by atoms with Crippen LogP contribution in [0.5, 0.6) is 0 Å². The smallest absolute Gasteiger partial charge is 0.242 e. The first kappa shape index (κ1) is 29.6. The van der Waals surface area contributed by atoms with Crippen molar-refractivity contribution in [2.75, 3.05) is 0 Å². The minimum Gasteiger partial charge on any atom is -0.350 e. The number of hydrogen-bond donors (Lipinski definition) is 0. The van der Waals surface area contributed by atoms with Crippen molar-refractivity contribution in [2.24, 2.45) is 7.05 Å². The van der Waals surface area contributed by atoms with E-state index in [2.05, 4.69) is 161 Å². The van der Waals surface area contributed by atoms with E-state index in [-0.39, 0.29) is 21.1 Å². The molecule has 6 aromatic carbocycles. The van der Waals surface area contributed by atoms with E-state index in [0.717, 1.165) is 50.4 Å². The van der Waals surface area contributed by atoms with Gasteiger partial charge in [0, 0.05) is 54.5 Å². The van der Waals surface area contributed by atoms with Crippen LogP contribution < -0.4 is 4.57 Å². The molecular weight excluding hydrogens is 780 g/mol. The van der Waals surface area contributed by atoms with Crippen molar-refractivity contribution in [1.29, 1.82) is 0 Å². The van der Waals surface area contributed by atoms with Crippen LogP contribution in [0.2, 0.25) is 0 Å². The molecule has 49 heavy (non-hydrogen) atoms. The summed E-state index contributed by atoms with van der Waals surface area (Å²) in [5.41, 5.74) is 12.2. The SMILES string of the molecule is C[n+]1[c-]n(-c2[c-]c(C3(c4ccccc4)c4[c-]c(-c5ccccn5)ccc4-n4c5ccccc5c5cccc3c54)ccc2)c2ccccc21.[Pt]. The molecule has 1 aliphatic rings. The second-order valence-electron chi connectivity index (χ2n) is 12.5. The molecule has 1 unspecified atom stereocenters. The molecule has 4 nitrogen and oxygen atoms in total. The first-order valence-corrected chi connectivity index (χ1v) is 16.2. The summed E-state index contributed by atoms with van der Waals surface area (Å²) in [6, 6.07) is 59.7. The fraction of sp³-hybridized carbons (Fsp3) is 0.0455. The van der Waals surface area contributed by atoms with Gasteiger partial charge in [0.05, 0.1) is 18.1 Å². The zero-order valence-corrected chi connectivity index (χ0v) is 28.8. The number of aryl methyl sites for hydroxylation is 1. The van der Waals surface area contributed by atoms with Crippen molar-refractivity contribution in [3.05, 3.63) is 193 Å². The van der Waals surface area contributed by atoms with E-state index in [1.807, 2.05) is 29.9 Å². The molecule has 10 rings (SSSR count). The second kappa shape index (κ2) is 11.3. The van der Waals surface area contributed by atoms with Crippen molar-refractivity contribution in [3.63, 3.8) is 0 Å². The first-order chi connectivity index (χ1) is 23.7. The molecule has 0 radical (unpaired) electrons. The van der Waals surface area contributed by atoms with Gasteiger partial charge in [-0.25, -0.2) is 0 Å². The number of rotatable bonds is 4. The van der Waals surface area contributed by atoms with Crippen LogP contribution in [0.3, 0.4) is 0 Å². The standard InChI is InChI=1S/C44H28N4.Pt/c1-46-29-47(42-23-8-7-22-41(42)46)33-16-11-15-32(28-33)44(31-13-3-2-4-14-31)36-19-12-18-35-34-17-5-6-21-39(34)48(43(35)36)40-25-24-30(27-37(40)44)38-20-9-10-26-45-38;/h2-26H,1H3;/q-2;. The first-order valence-electron chi connectivity index (χ1n) is 16.2. The number of imidazole rings is 1. The average Bonchev–Trinajstić information content (AvgIpc) is 3.68. The molecule has 0 N–H and O–H groups in total. The molecule has 9 aromatic rings. The Hall–Kier alpha value is -5.57. The van der Waals surface area contributed by atoms with E-state index in [1.165, 1.54) is 27.4 Å². The summed E-state index contributed by atoms with van der Waals surface area (Å²) in [7, 11) is 2.04. The van der Waals surface area contributed by atoms with E-state index in [9.17, 15) is 0 Å². The van der Waals surface area contributed by atoms with E-state index in [1.54, 1.807) is 0 Å². The van der Waals surface area contributed by atoms with Gasteiger partial charge in [0.1, 0.15) is 0 Å². The Bertz CT molecular complexity index is 2690. The summed E-state index contributed by atoms with van der Waals surface area (Å²) in [5.74, 6) is 0. The van der Waals surface area contributed by atoms with Crippen LogP contribution in [0.4, 0.5) is 0 Å². The van der Waals surface area contributed by atoms with Crippen LogP contribution in [0.15, 0.2) is 152 Å². The van der Waals surface area contributed by atoms with E-state index >= 15 is 0 Å². The normalized spacial score (nSPS) is 15.0. The monoisotopic (exact) mass is 807 g/mol. The maximum atomic E-state index is 4.74. The van der Waals surface area contributed by atoms with Crippen molar-refractivity contribution in [1.82, 2.24) is 14.1 Å². The van der Waals surface area contributed by atoms with Crippen LogP contribution in [-0.4, -0.2) is 14.1 Å². The van der Waals surface area contributed by atoms with Crippen LogP contribution >= 0.6 is 0 Å². The van der Waals surface area contributed by atoms with Crippen molar-refractivity contribution in [3.8, 4) is 22.6 Å². The summed E-state index contributed by atoms with van der Waals surface area (Å²) in [6.45, 7) is 0. The van der Waals surface area contributed by atoms with Gasteiger partial charge in [-0.2, -0.15) is 29.8 Å². The fourth-order valence-electron chi connectivity index (χ4n) is 7.94. The number of benzene rings is 6. The largest absolute Gasteiger partial charge is 0.350 e. The Morgan fingerprint density at radius 3 is 2.27 bits per heavy atom. The summed E-state index contributed by atoms with van der Waals surface area (Å²) in [6.07, 6.45) is 5.38. The zero-order valence-electron chi connectivity index (χ0n) is 26.5. The maximum Gasteiger partial charge on any atom is 0.242 e. The fourth-order valence-corrected chi connectivity index (χ4v) is 7.94. The maximum absolute atomic E-state index is 4.74. The second-order valence-corrected chi connectivity index (χ2v) is 12.5. The van der Waals surface area contributed by atoms with E-state index < -0.39 is 5.41 Å². The molecular formula is C44H28N4Pt-2. The van der Waals surface area contributed by atoms with E-state index in [0.29, 0.717) is 0 Å². The van der Waals surface area contributed by atoms with Gasteiger partial charge in [0.15, 0.2) is 0 Å². The van der Waals surface area contributed by atoms with Gasteiger partial charge in [-0.15, -0.1) is 23.8 Å². The van der Waals surface area contributed by atoms with Gasteiger partial charge >= 0.3 is 0 Å². The molecule has 0 amide bonds. The van der Waals surface area contributed by atoms with Gasteiger partial charge in [-0.05, 0) is 34.6 Å². The number of para-hydroxylation sites is 4. The summed E-state index contributed by atoms with van der Waals surface area (Å²) in [5, 5.41) is 2.47. The molecule has 0 aliphatic carbocycles. The Morgan fingerprint density at radius 2 is 1.41 bits per heavy atom. The molecule has 3 aromatic heterocycles. The van der Waals surface area contributed by atoms with Gasteiger partial charge in [-0.1, -0.05) is 114 Å². The Kier molecular flexibility index (Phi) is 6.79. The molecule has 0 fully saturated rings. The zero-order chi connectivity index (χ0) is 31.8. The number of nitrogens with zero attached hydrogens (tertiary/aromatic N) is 4. The van der Waals surface area contributed by atoms with Gasteiger partial charge in [-0.3, -0.25) is 0 Å². The topological polar surface area (TPSA) is 26.6 Å². The Morgan fingerprint density at radius 1 is 0.653 bits per heavy atom. The van der Waals surface area contributed by atoms with Crippen LogP contribution in [0.25, 0.3) is 55.5 Å².